The minimum absolute atomic E-state index is 0.0521. The van der Waals surface area contributed by atoms with Crippen LogP contribution in [0.25, 0.3) is 0 Å². The summed E-state index contributed by atoms with van der Waals surface area (Å²) in [6, 6.07) is 0.430. The molecule has 3 rings (SSSR count). The molecule has 3 saturated carbocycles. The largest absolute Gasteiger partial charge is 0.393 e. The summed E-state index contributed by atoms with van der Waals surface area (Å²) in [6.07, 6.45) is 4.16. The minimum atomic E-state index is -0.307. The SMILES string of the molecule is CC(C)C(C(=O)NC1C2C3CCC(C3)C12)C(N)=S. The fourth-order valence-corrected chi connectivity index (χ4v) is 4.91. The highest BCUT2D eigenvalue weighted by atomic mass is 32.1. The Balaban J connectivity index is 1.61. The first kappa shape index (κ1) is 12.4. The smallest absolute Gasteiger partial charge is 0.230 e. The van der Waals surface area contributed by atoms with E-state index in [1.54, 1.807) is 0 Å². The lowest BCUT2D eigenvalue weighted by Gasteiger charge is -2.20. The van der Waals surface area contributed by atoms with Crippen molar-refractivity contribution in [2.45, 2.75) is 39.2 Å². The molecule has 0 radical (unpaired) electrons. The van der Waals surface area contributed by atoms with E-state index in [9.17, 15) is 4.79 Å². The first-order chi connectivity index (χ1) is 8.50. The van der Waals surface area contributed by atoms with E-state index in [1.165, 1.54) is 19.3 Å². The molecule has 0 saturated heterocycles. The van der Waals surface area contributed by atoms with Crippen LogP contribution in [-0.2, 0) is 4.79 Å². The Morgan fingerprint density at radius 2 is 1.83 bits per heavy atom. The van der Waals surface area contributed by atoms with E-state index in [-0.39, 0.29) is 17.7 Å². The van der Waals surface area contributed by atoms with Crippen LogP contribution in [0.3, 0.4) is 0 Å². The second-order valence-electron chi connectivity index (χ2n) is 6.65. The van der Waals surface area contributed by atoms with Gasteiger partial charge in [0.25, 0.3) is 0 Å². The lowest BCUT2D eigenvalue weighted by atomic mass is 9.94. The molecule has 1 amide bonds. The molecule has 18 heavy (non-hydrogen) atoms. The van der Waals surface area contributed by atoms with Crippen LogP contribution in [-0.4, -0.2) is 16.9 Å². The highest BCUT2D eigenvalue weighted by Gasteiger charge is 2.65. The number of rotatable bonds is 4. The summed E-state index contributed by atoms with van der Waals surface area (Å²) in [5.41, 5.74) is 5.69. The third-order valence-electron chi connectivity index (χ3n) is 5.30. The maximum absolute atomic E-state index is 12.3. The van der Waals surface area contributed by atoms with Gasteiger partial charge in [0, 0.05) is 6.04 Å². The zero-order chi connectivity index (χ0) is 13.0. The predicted octanol–water partition coefficient (Wildman–Crippen LogP) is 1.71. The molecule has 3 aliphatic rings. The average Bonchev–Trinajstić information content (AvgIpc) is 2.69. The number of nitrogens with two attached hydrogens (primary N) is 1. The molecule has 4 heteroatoms. The quantitative estimate of drug-likeness (QED) is 0.762. The lowest BCUT2D eigenvalue weighted by molar-refractivity contribution is -0.124. The maximum atomic E-state index is 12.3. The highest BCUT2D eigenvalue weighted by molar-refractivity contribution is 7.80. The van der Waals surface area contributed by atoms with Crippen molar-refractivity contribution in [2.24, 2.45) is 41.2 Å². The van der Waals surface area contributed by atoms with Crippen molar-refractivity contribution in [3.8, 4) is 0 Å². The Morgan fingerprint density at radius 3 is 2.28 bits per heavy atom. The van der Waals surface area contributed by atoms with E-state index in [0.29, 0.717) is 11.0 Å². The van der Waals surface area contributed by atoms with Gasteiger partial charge in [-0.3, -0.25) is 4.79 Å². The van der Waals surface area contributed by atoms with E-state index >= 15 is 0 Å². The van der Waals surface area contributed by atoms with E-state index < -0.39 is 0 Å². The Hall–Kier alpha value is -0.640. The summed E-state index contributed by atoms with van der Waals surface area (Å²) >= 11 is 5.02. The minimum Gasteiger partial charge on any atom is -0.393 e. The molecule has 2 bridgehead atoms. The van der Waals surface area contributed by atoms with Crippen molar-refractivity contribution in [1.82, 2.24) is 5.32 Å². The van der Waals surface area contributed by atoms with E-state index in [4.69, 9.17) is 18.0 Å². The number of fused-ring (bicyclic) bond motifs is 5. The molecule has 0 spiro atoms. The van der Waals surface area contributed by atoms with Crippen molar-refractivity contribution in [2.75, 3.05) is 0 Å². The van der Waals surface area contributed by atoms with Gasteiger partial charge in [-0.2, -0.15) is 0 Å². The predicted molar refractivity (Wildman–Crippen MR) is 74.9 cm³/mol. The van der Waals surface area contributed by atoms with E-state index in [0.717, 1.165) is 23.7 Å². The van der Waals surface area contributed by atoms with Gasteiger partial charge in [-0.15, -0.1) is 0 Å². The molecule has 3 aliphatic carbocycles. The van der Waals surface area contributed by atoms with Gasteiger partial charge < -0.3 is 11.1 Å². The maximum Gasteiger partial charge on any atom is 0.230 e. The number of thiocarbonyl (C=S) groups is 1. The van der Waals surface area contributed by atoms with Crippen LogP contribution < -0.4 is 11.1 Å². The molecule has 3 fully saturated rings. The Kier molecular flexibility index (Phi) is 2.88. The molecular formula is C14H22N2OS. The van der Waals surface area contributed by atoms with Crippen LogP contribution >= 0.6 is 12.2 Å². The van der Waals surface area contributed by atoms with Crippen LogP contribution in [0.4, 0.5) is 0 Å². The average molecular weight is 266 g/mol. The number of nitrogens with one attached hydrogen (secondary N) is 1. The number of amides is 1. The summed E-state index contributed by atoms with van der Waals surface area (Å²) in [5, 5.41) is 3.21. The van der Waals surface area contributed by atoms with Crippen molar-refractivity contribution in [3.63, 3.8) is 0 Å². The van der Waals surface area contributed by atoms with Crippen LogP contribution in [0, 0.1) is 35.5 Å². The van der Waals surface area contributed by atoms with Crippen LogP contribution in [0.5, 0.6) is 0 Å². The molecule has 5 unspecified atom stereocenters. The molecule has 0 aromatic heterocycles. The monoisotopic (exact) mass is 266 g/mol. The normalized spacial score (nSPS) is 41.6. The number of hydrogen-bond donors (Lipinski definition) is 2. The summed E-state index contributed by atoms with van der Waals surface area (Å²) in [4.78, 5) is 12.6. The first-order valence-electron chi connectivity index (χ1n) is 7.10. The summed E-state index contributed by atoms with van der Waals surface area (Å²) in [7, 11) is 0. The molecule has 0 heterocycles. The second-order valence-corrected chi connectivity index (χ2v) is 7.12. The fraction of sp³-hybridized carbons (Fsp3) is 0.857. The third kappa shape index (κ3) is 1.77. The van der Waals surface area contributed by atoms with Gasteiger partial charge in [0.1, 0.15) is 0 Å². The zero-order valence-electron chi connectivity index (χ0n) is 11.1. The van der Waals surface area contributed by atoms with Crippen molar-refractivity contribution >= 4 is 23.1 Å². The third-order valence-corrected chi connectivity index (χ3v) is 5.55. The van der Waals surface area contributed by atoms with Gasteiger partial charge in [-0.05, 0) is 48.9 Å². The number of hydrogen-bond acceptors (Lipinski definition) is 2. The molecule has 100 valence electrons. The van der Waals surface area contributed by atoms with Crippen molar-refractivity contribution in [3.05, 3.63) is 0 Å². The van der Waals surface area contributed by atoms with Crippen molar-refractivity contribution in [1.29, 1.82) is 0 Å². The standard InChI is InChI=1S/C14H22N2OS/c1-6(2)9(13(15)18)14(17)16-12-10-7-3-4-8(5-7)11(10)12/h6-12H,3-5H2,1-2H3,(H2,15,18)(H,16,17). The molecule has 5 atom stereocenters. The summed E-state index contributed by atoms with van der Waals surface area (Å²) < 4.78 is 0. The summed E-state index contributed by atoms with van der Waals surface area (Å²) in [5.74, 6) is 3.23. The molecular weight excluding hydrogens is 244 g/mol. The van der Waals surface area contributed by atoms with Crippen LogP contribution in [0.15, 0.2) is 0 Å². The molecule has 0 aliphatic heterocycles. The van der Waals surface area contributed by atoms with E-state index in [1.807, 2.05) is 13.8 Å². The second kappa shape index (κ2) is 4.19. The highest BCUT2D eigenvalue weighted by Crippen LogP contribution is 2.65. The van der Waals surface area contributed by atoms with Crippen LogP contribution in [0.1, 0.15) is 33.1 Å². The van der Waals surface area contributed by atoms with Gasteiger partial charge in [0.2, 0.25) is 5.91 Å². The molecule has 0 aromatic carbocycles. The number of carbonyl (C=O) groups excluding carboxylic acids is 1. The van der Waals surface area contributed by atoms with Gasteiger partial charge in [-0.25, -0.2) is 0 Å². The van der Waals surface area contributed by atoms with E-state index in [2.05, 4.69) is 5.32 Å². The molecule has 0 aromatic rings. The van der Waals surface area contributed by atoms with Gasteiger partial charge in [-0.1, -0.05) is 26.1 Å². The van der Waals surface area contributed by atoms with Crippen molar-refractivity contribution < 1.29 is 4.79 Å². The molecule has 3 nitrogen and oxygen atoms in total. The van der Waals surface area contributed by atoms with Gasteiger partial charge >= 0.3 is 0 Å². The Labute approximate surface area is 114 Å². The lowest BCUT2D eigenvalue weighted by Crippen LogP contribution is -2.42. The number of carbonyl (C=O) groups is 1. The molecule has 3 N–H and O–H groups in total. The Bertz CT molecular complexity index is 379. The van der Waals surface area contributed by atoms with Crippen LogP contribution in [0.2, 0.25) is 0 Å². The van der Waals surface area contributed by atoms with Gasteiger partial charge in [0.15, 0.2) is 0 Å². The zero-order valence-corrected chi connectivity index (χ0v) is 11.9. The first-order valence-corrected chi connectivity index (χ1v) is 7.51. The Morgan fingerprint density at radius 1 is 1.28 bits per heavy atom. The topological polar surface area (TPSA) is 55.1 Å². The van der Waals surface area contributed by atoms with Gasteiger partial charge in [0.05, 0.1) is 10.9 Å². The summed E-state index contributed by atoms with van der Waals surface area (Å²) in [6.45, 7) is 4.00. The fourth-order valence-electron chi connectivity index (χ4n) is 4.53.